The van der Waals surface area contributed by atoms with Crippen LogP contribution in [0.1, 0.15) is 24.8 Å². The molecule has 26 heavy (non-hydrogen) atoms. The van der Waals surface area contributed by atoms with Crippen LogP contribution in [0.15, 0.2) is 30.3 Å². The molecule has 3 atom stereocenters. The summed E-state index contributed by atoms with van der Waals surface area (Å²) < 4.78 is 6.17. The number of carbonyl (C=O) groups is 1. The third-order valence-electron chi connectivity index (χ3n) is 5.74. The number of nitrogens with zero attached hydrogens (tertiary/aromatic N) is 3. The second-order valence-electron chi connectivity index (χ2n) is 7.50. The first-order chi connectivity index (χ1) is 12.7. The number of aromatic nitrogens is 2. The molecule has 4 heterocycles. The highest BCUT2D eigenvalue weighted by Gasteiger charge is 2.33. The summed E-state index contributed by atoms with van der Waals surface area (Å²) >= 11 is 0. The van der Waals surface area contributed by atoms with Gasteiger partial charge in [0.05, 0.1) is 12.1 Å². The normalized spacial score (nSPS) is 26.9. The van der Waals surface area contributed by atoms with Gasteiger partial charge < -0.3 is 15.0 Å². The molecule has 3 unspecified atom stereocenters. The summed E-state index contributed by atoms with van der Waals surface area (Å²) in [5.74, 6) is 1.26. The molecule has 6 nitrogen and oxygen atoms in total. The number of hydrogen-bond acceptors (Lipinski definition) is 5. The van der Waals surface area contributed by atoms with Gasteiger partial charge >= 0.3 is 0 Å². The van der Waals surface area contributed by atoms with Crippen LogP contribution in [0.25, 0.3) is 11.3 Å². The number of benzene rings is 1. The van der Waals surface area contributed by atoms with Crippen molar-refractivity contribution in [2.45, 2.75) is 31.8 Å². The molecule has 2 saturated heterocycles. The van der Waals surface area contributed by atoms with Gasteiger partial charge in [0.1, 0.15) is 6.10 Å². The lowest BCUT2D eigenvalue weighted by Gasteiger charge is -2.42. The van der Waals surface area contributed by atoms with E-state index in [0.29, 0.717) is 18.2 Å². The van der Waals surface area contributed by atoms with Crippen molar-refractivity contribution >= 4 is 11.6 Å². The molecule has 1 aromatic heterocycles. The smallest absolute Gasteiger partial charge is 0.233 e. The fraction of sp³-hybridized carbons (Fsp3) is 0.450. The first-order valence-electron chi connectivity index (χ1n) is 9.40. The highest BCUT2D eigenvalue weighted by molar-refractivity contribution is 5.99. The Morgan fingerprint density at radius 1 is 1.12 bits per heavy atom. The molecule has 1 N–H and O–H groups in total. The van der Waals surface area contributed by atoms with Gasteiger partial charge in [-0.05, 0) is 49.6 Å². The van der Waals surface area contributed by atoms with Gasteiger partial charge in [-0.3, -0.25) is 4.79 Å². The molecule has 1 aromatic carbocycles. The standard InChI is InChI=1S/C20H22N4O2/c25-19-11-15-10-13(3-4-16(15)21-19)17-5-6-20(23-22-17)26-18-7-9-24-8-1-2-14(18)12-24/h3-6,10,14,18H,1-2,7-9,11-12H2,(H,21,25). The lowest BCUT2D eigenvalue weighted by atomic mass is 9.87. The molecule has 2 bridgehead atoms. The Kier molecular flexibility index (Phi) is 3.85. The van der Waals surface area contributed by atoms with E-state index in [-0.39, 0.29) is 12.0 Å². The maximum absolute atomic E-state index is 11.5. The van der Waals surface area contributed by atoms with E-state index < -0.39 is 0 Å². The minimum absolute atomic E-state index is 0.0424. The van der Waals surface area contributed by atoms with E-state index in [4.69, 9.17) is 4.74 Å². The SMILES string of the molecule is O=C1Cc2cc(-c3ccc(OC4CCN5CCCC4C5)nn3)ccc2N1. The van der Waals surface area contributed by atoms with E-state index in [2.05, 4.69) is 20.4 Å². The summed E-state index contributed by atoms with van der Waals surface area (Å²) in [5.41, 5.74) is 3.68. The number of carbonyl (C=O) groups excluding carboxylic acids is 1. The number of ether oxygens (including phenoxy) is 1. The average Bonchev–Trinajstić information content (AvgIpc) is 3.04. The van der Waals surface area contributed by atoms with Crippen LogP contribution in [0, 0.1) is 5.92 Å². The largest absolute Gasteiger partial charge is 0.473 e. The van der Waals surface area contributed by atoms with Crippen LogP contribution in [0.4, 0.5) is 5.69 Å². The van der Waals surface area contributed by atoms with Gasteiger partial charge in [0.15, 0.2) is 0 Å². The topological polar surface area (TPSA) is 67.3 Å². The summed E-state index contributed by atoms with van der Waals surface area (Å²) in [7, 11) is 0. The third-order valence-corrected chi connectivity index (χ3v) is 5.74. The number of rotatable bonds is 3. The van der Waals surface area contributed by atoms with E-state index in [9.17, 15) is 4.79 Å². The minimum Gasteiger partial charge on any atom is -0.473 e. The lowest BCUT2D eigenvalue weighted by Crippen LogP contribution is -2.49. The zero-order valence-corrected chi connectivity index (χ0v) is 14.6. The van der Waals surface area contributed by atoms with Crippen LogP contribution < -0.4 is 10.1 Å². The van der Waals surface area contributed by atoms with Crippen molar-refractivity contribution in [3.63, 3.8) is 0 Å². The molecular formula is C20H22N4O2. The Morgan fingerprint density at radius 3 is 2.96 bits per heavy atom. The molecule has 3 aliphatic rings. The summed E-state index contributed by atoms with van der Waals surface area (Å²) in [5, 5.41) is 11.5. The second-order valence-corrected chi connectivity index (χ2v) is 7.50. The molecule has 0 saturated carbocycles. The molecule has 0 aliphatic carbocycles. The molecule has 6 heteroatoms. The van der Waals surface area contributed by atoms with Gasteiger partial charge in [0, 0.05) is 36.3 Å². The second kappa shape index (κ2) is 6.36. The van der Waals surface area contributed by atoms with E-state index >= 15 is 0 Å². The molecule has 0 spiro atoms. The minimum atomic E-state index is 0.0424. The third kappa shape index (κ3) is 2.94. The van der Waals surface area contributed by atoms with Gasteiger partial charge in [0.25, 0.3) is 0 Å². The summed E-state index contributed by atoms with van der Waals surface area (Å²) in [6.45, 7) is 3.51. The van der Waals surface area contributed by atoms with Crippen LogP contribution in [0.3, 0.4) is 0 Å². The van der Waals surface area contributed by atoms with E-state index in [1.807, 2.05) is 30.3 Å². The van der Waals surface area contributed by atoms with Gasteiger partial charge in [-0.25, -0.2) is 0 Å². The van der Waals surface area contributed by atoms with Gasteiger partial charge in [0.2, 0.25) is 11.8 Å². The molecule has 2 fully saturated rings. The van der Waals surface area contributed by atoms with Crippen molar-refractivity contribution < 1.29 is 9.53 Å². The highest BCUT2D eigenvalue weighted by atomic mass is 16.5. The molecule has 0 radical (unpaired) electrons. The molecular weight excluding hydrogens is 328 g/mol. The number of nitrogens with one attached hydrogen (secondary N) is 1. The van der Waals surface area contributed by atoms with Crippen molar-refractivity contribution in [2.75, 3.05) is 25.0 Å². The monoisotopic (exact) mass is 350 g/mol. The van der Waals surface area contributed by atoms with Crippen LogP contribution in [0.2, 0.25) is 0 Å². The Hall–Kier alpha value is -2.47. The van der Waals surface area contributed by atoms with Crippen molar-refractivity contribution in [1.82, 2.24) is 15.1 Å². The maximum Gasteiger partial charge on any atom is 0.233 e. The van der Waals surface area contributed by atoms with E-state index in [1.54, 1.807) is 0 Å². The Balaban J connectivity index is 1.30. The Bertz CT molecular complexity index is 836. The van der Waals surface area contributed by atoms with Crippen molar-refractivity contribution in [3.8, 4) is 17.1 Å². The van der Waals surface area contributed by atoms with Crippen LogP contribution in [0.5, 0.6) is 5.88 Å². The van der Waals surface area contributed by atoms with E-state index in [0.717, 1.165) is 42.0 Å². The Labute approximate surface area is 152 Å². The fourth-order valence-corrected chi connectivity index (χ4v) is 4.38. The number of amides is 1. The van der Waals surface area contributed by atoms with Crippen molar-refractivity contribution in [3.05, 3.63) is 35.9 Å². The number of anilines is 1. The van der Waals surface area contributed by atoms with Gasteiger partial charge in [-0.15, -0.1) is 10.2 Å². The maximum atomic E-state index is 11.5. The summed E-state index contributed by atoms with van der Waals surface area (Å²) in [4.78, 5) is 14.0. The Morgan fingerprint density at radius 2 is 2.08 bits per heavy atom. The summed E-state index contributed by atoms with van der Waals surface area (Å²) in [6.07, 6.45) is 4.26. The first kappa shape index (κ1) is 15.8. The number of piperidine rings is 2. The molecule has 3 aliphatic heterocycles. The van der Waals surface area contributed by atoms with Crippen LogP contribution in [-0.4, -0.2) is 46.7 Å². The molecule has 134 valence electrons. The average molecular weight is 350 g/mol. The van der Waals surface area contributed by atoms with Gasteiger partial charge in [-0.2, -0.15) is 0 Å². The summed E-state index contributed by atoms with van der Waals surface area (Å²) in [6, 6.07) is 9.76. The number of hydrogen-bond donors (Lipinski definition) is 1. The van der Waals surface area contributed by atoms with Crippen LogP contribution >= 0.6 is 0 Å². The zero-order chi connectivity index (χ0) is 17.5. The number of fused-ring (bicyclic) bond motifs is 3. The van der Waals surface area contributed by atoms with Gasteiger partial charge in [-0.1, -0.05) is 6.07 Å². The molecule has 1 amide bonds. The van der Waals surface area contributed by atoms with Crippen LogP contribution in [-0.2, 0) is 11.2 Å². The molecule has 2 aromatic rings. The van der Waals surface area contributed by atoms with E-state index in [1.165, 1.54) is 19.4 Å². The predicted octanol–water partition coefficient (Wildman–Crippen LogP) is 2.50. The highest BCUT2D eigenvalue weighted by Crippen LogP contribution is 2.31. The first-order valence-corrected chi connectivity index (χ1v) is 9.40. The van der Waals surface area contributed by atoms with Crippen molar-refractivity contribution in [2.24, 2.45) is 5.92 Å². The fourth-order valence-electron chi connectivity index (χ4n) is 4.38. The lowest BCUT2D eigenvalue weighted by molar-refractivity contribution is -0.115. The quantitative estimate of drug-likeness (QED) is 0.921. The predicted molar refractivity (Wildman–Crippen MR) is 98.0 cm³/mol. The zero-order valence-electron chi connectivity index (χ0n) is 14.6. The van der Waals surface area contributed by atoms with Crippen molar-refractivity contribution in [1.29, 1.82) is 0 Å². The molecule has 5 rings (SSSR count).